The molecule has 0 radical (unpaired) electrons. The summed E-state index contributed by atoms with van der Waals surface area (Å²) in [5, 5.41) is 12.9. The van der Waals surface area contributed by atoms with Gasteiger partial charge in [-0.15, -0.1) is 0 Å². The molecule has 5 nitrogen and oxygen atoms in total. The SMILES string of the molecule is N#CCNC(=O)C(=O)NCC1CCSC1. The Hall–Kier alpha value is -1.22. The molecule has 82 valence electrons. The number of hydrogen-bond acceptors (Lipinski definition) is 4. The summed E-state index contributed by atoms with van der Waals surface area (Å²) in [4.78, 5) is 22.2. The molecule has 0 bridgehead atoms. The molecule has 0 aromatic heterocycles. The summed E-state index contributed by atoms with van der Waals surface area (Å²) < 4.78 is 0. The highest BCUT2D eigenvalue weighted by atomic mass is 32.2. The smallest absolute Gasteiger partial charge is 0.310 e. The highest BCUT2D eigenvalue weighted by molar-refractivity contribution is 7.99. The van der Waals surface area contributed by atoms with Gasteiger partial charge in [0.1, 0.15) is 6.54 Å². The maximum absolute atomic E-state index is 11.2. The average Bonchev–Trinajstić information content (AvgIpc) is 2.75. The van der Waals surface area contributed by atoms with E-state index in [-0.39, 0.29) is 6.54 Å². The molecule has 0 aromatic carbocycles. The first-order valence-electron chi connectivity index (χ1n) is 4.74. The van der Waals surface area contributed by atoms with E-state index in [4.69, 9.17) is 5.26 Å². The lowest BCUT2D eigenvalue weighted by Gasteiger charge is -2.08. The van der Waals surface area contributed by atoms with Crippen LogP contribution in [0.25, 0.3) is 0 Å². The van der Waals surface area contributed by atoms with Crippen LogP contribution in [0.3, 0.4) is 0 Å². The molecule has 6 heteroatoms. The highest BCUT2D eigenvalue weighted by Gasteiger charge is 2.18. The maximum Gasteiger partial charge on any atom is 0.310 e. The molecule has 1 atom stereocenters. The van der Waals surface area contributed by atoms with Gasteiger partial charge in [-0.3, -0.25) is 9.59 Å². The van der Waals surface area contributed by atoms with Gasteiger partial charge in [-0.2, -0.15) is 17.0 Å². The summed E-state index contributed by atoms with van der Waals surface area (Å²) in [6.45, 7) is 0.414. The third-order valence-corrected chi connectivity index (χ3v) is 3.34. The first-order valence-corrected chi connectivity index (χ1v) is 5.90. The van der Waals surface area contributed by atoms with Crippen molar-refractivity contribution >= 4 is 23.6 Å². The number of thioether (sulfide) groups is 1. The molecule has 2 N–H and O–H groups in total. The summed E-state index contributed by atoms with van der Waals surface area (Å²) >= 11 is 1.86. The lowest BCUT2D eigenvalue weighted by atomic mass is 10.1. The number of amides is 2. The molecule has 0 aliphatic carbocycles. The molecule has 1 fully saturated rings. The fourth-order valence-corrected chi connectivity index (χ4v) is 2.55. The summed E-state index contributed by atoms with van der Waals surface area (Å²) in [5.41, 5.74) is 0. The average molecular weight is 227 g/mol. The molecule has 1 aliphatic rings. The van der Waals surface area contributed by atoms with Crippen LogP contribution in [0.5, 0.6) is 0 Å². The Kier molecular flexibility index (Phi) is 4.98. The first kappa shape index (κ1) is 11.9. The summed E-state index contributed by atoms with van der Waals surface area (Å²) in [6, 6.07) is 1.74. The Bertz CT molecular complexity index is 282. The van der Waals surface area contributed by atoms with Gasteiger partial charge in [-0.1, -0.05) is 0 Å². The molecular weight excluding hydrogens is 214 g/mol. The lowest BCUT2D eigenvalue weighted by Crippen LogP contribution is -2.41. The second-order valence-corrected chi connectivity index (χ2v) is 4.43. The van der Waals surface area contributed by atoms with E-state index in [9.17, 15) is 9.59 Å². The lowest BCUT2D eigenvalue weighted by molar-refractivity contribution is -0.139. The molecule has 1 rings (SSSR count). The molecule has 15 heavy (non-hydrogen) atoms. The third kappa shape index (κ3) is 4.21. The van der Waals surface area contributed by atoms with Crippen LogP contribution < -0.4 is 10.6 Å². The van der Waals surface area contributed by atoms with Gasteiger partial charge in [-0.05, 0) is 23.8 Å². The van der Waals surface area contributed by atoms with Crippen molar-refractivity contribution in [3.8, 4) is 6.07 Å². The number of nitrogens with one attached hydrogen (secondary N) is 2. The quantitative estimate of drug-likeness (QED) is 0.503. The second-order valence-electron chi connectivity index (χ2n) is 3.28. The van der Waals surface area contributed by atoms with E-state index in [1.54, 1.807) is 6.07 Å². The number of hydrogen-bond donors (Lipinski definition) is 2. The second kappa shape index (κ2) is 6.30. The zero-order valence-corrected chi connectivity index (χ0v) is 9.10. The van der Waals surface area contributed by atoms with Gasteiger partial charge in [0.25, 0.3) is 0 Å². The minimum Gasteiger partial charge on any atom is -0.348 e. The van der Waals surface area contributed by atoms with Gasteiger partial charge in [0, 0.05) is 6.54 Å². The molecular formula is C9H13N3O2S. The molecule has 0 spiro atoms. The van der Waals surface area contributed by atoms with Crippen molar-refractivity contribution in [2.24, 2.45) is 5.92 Å². The van der Waals surface area contributed by atoms with Crippen LogP contribution in [0.4, 0.5) is 0 Å². The zero-order valence-electron chi connectivity index (χ0n) is 8.28. The van der Waals surface area contributed by atoms with Gasteiger partial charge >= 0.3 is 11.8 Å². The van der Waals surface area contributed by atoms with E-state index in [2.05, 4.69) is 10.6 Å². The molecule has 0 aromatic rings. The first-order chi connectivity index (χ1) is 7.24. The number of nitriles is 1. The van der Waals surface area contributed by atoms with Gasteiger partial charge in [0.2, 0.25) is 0 Å². The van der Waals surface area contributed by atoms with Gasteiger partial charge in [0.15, 0.2) is 0 Å². The highest BCUT2D eigenvalue weighted by Crippen LogP contribution is 2.22. The number of carbonyl (C=O) groups is 2. The molecule has 1 aliphatic heterocycles. The van der Waals surface area contributed by atoms with E-state index in [1.807, 2.05) is 11.8 Å². The predicted octanol–water partition coefficient (Wildman–Crippen LogP) is -0.505. The number of carbonyl (C=O) groups excluding carboxylic acids is 2. The fourth-order valence-electron chi connectivity index (χ4n) is 1.26. The Labute approximate surface area is 92.6 Å². The van der Waals surface area contributed by atoms with Crippen molar-refractivity contribution in [1.29, 1.82) is 5.26 Å². The van der Waals surface area contributed by atoms with E-state index in [1.165, 1.54) is 0 Å². The van der Waals surface area contributed by atoms with E-state index in [0.29, 0.717) is 12.5 Å². The predicted molar refractivity (Wildman–Crippen MR) is 57.1 cm³/mol. The van der Waals surface area contributed by atoms with Crippen LogP contribution in [-0.4, -0.2) is 36.4 Å². The van der Waals surface area contributed by atoms with Crippen molar-refractivity contribution < 1.29 is 9.59 Å². The summed E-state index contributed by atoms with van der Waals surface area (Å²) in [7, 11) is 0. The Morgan fingerprint density at radius 1 is 1.40 bits per heavy atom. The minimum absolute atomic E-state index is 0.133. The Balaban J connectivity index is 2.17. The van der Waals surface area contributed by atoms with Gasteiger partial charge in [0.05, 0.1) is 6.07 Å². The van der Waals surface area contributed by atoms with Crippen molar-refractivity contribution in [3.63, 3.8) is 0 Å². The summed E-state index contributed by atoms with van der Waals surface area (Å²) in [6.07, 6.45) is 1.09. The standard InChI is InChI=1S/C9H13N3O2S/c10-2-3-11-8(13)9(14)12-5-7-1-4-15-6-7/h7H,1,3-6H2,(H,11,13)(H,12,14). The zero-order chi connectivity index (χ0) is 11.1. The van der Waals surface area contributed by atoms with Crippen LogP contribution in [0.2, 0.25) is 0 Å². The maximum atomic E-state index is 11.2. The van der Waals surface area contributed by atoms with Crippen LogP contribution in [0.15, 0.2) is 0 Å². The minimum atomic E-state index is -0.734. The fraction of sp³-hybridized carbons (Fsp3) is 0.667. The van der Waals surface area contributed by atoms with Crippen LogP contribution in [-0.2, 0) is 9.59 Å². The third-order valence-electron chi connectivity index (χ3n) is 2.11. The van der Waals surface area contributed by atoms with Crippen molar-refractivity contribution in [2.75, 3.05) is 24.6 Å². The van der Waals surface area contributed by atoms with Crippen LogP contribution >= 0.6 is 11.8 Å². The van der Waals surface area contributed by atoms with Gasteiger partial charge in [-0.25, -0.2) is 0 Å². The largest absolute Gasteiger partial charge is 0.348 e. The Morgan fingerprint density at radius 2 is 2.13 bits per heavy atom. The molecule has 1 heterocycles. The number of rotatable bonds is 3. The van der Waals surface area contributed by atoms with Gasteiger partial charge < -0.3 is 10.6 Å². The molecule has 0 saturated carbocycles. The van der Waals surface area contributed by atoms with Crippen molar-refractivity contribution in [2.45, 2.75) is 6.42 Å². The molecule has 1 saturated heterocycles. The van der Waals surface area contributed by atoms with E-state index >= 15 is 0 Å². The topological polar surface area (TPSA) is 82.0 Å². The number of nitrogens with zero attached hydrogens (tertiary/aromatic N) is 1. The normalized spacial score (nSPS) is 19.3. The monoisotopic (exact) mass is 227 g/mol. The van der Waals surface area contributed by atoms with Crippen LogP contribution in [0.1, 0.15) is 6.42 Å². The van der Waals surface area contributed by atoms with E-state index < -0.39 is 11.8 Å². The van der Waals surface area contributed by atoms with Crippen molar-refractivity contribution in [3.05, 3.63) is 0 Å². The van der Waals surface area contributed by atoms with Crippen molar-refractivity contribution in [1.82, 2.24) is 10.6 Å². The Morgan fingerprint density at radius 3 is 2.73 bits per heavy atom. The summed E-state index contributed by atoms with van der Waals surface area (Å²) in [5.74, 6) is 1.26. The van der Waals surface area contributed by atoms with Crippen LogP contribution in [0, 0.1) is 17.2 Å². The van der Waals surface area contributed by atoms with E-state index in [0.717, 1.165) is 17.9 Å². The molecule has 1 unspecified atom stereocenters. The molecule has 2 amide bonds.